The number of anilines is 1. The van der Waals surface area contributed by atoms with Gasteiger partial charge >= 0.3 is 0 Å². The Morgan fingerprint density at radius 3 is 2.79 bits per heavy atom. The molecule has 1 atom stereocenters. The third-order valence-corrected chi connectivity index (χ3v) is 1.91. The van der Waals surface area contributed by atoms with Gasteiger partial charge in [0, 0.05) is 18.1 Å². The van der Waals surface area contributed by atoms with E-state index in [0.29, 0.717) is 0 Å². The van der Waals surface area contributed by atoms with Gasteiger partial charge in [-0.1, -0.05) is 0 Å². The summed E-state index contributed by atoms with van der Waals surface area (Å²) in [6.45, 7) is 2.01. The van der Waals surface area contributed by atoms with Gasteiger partial charge in [-0.3, -0.25) is 10.1 Å². The smallest absolute Gasteiger partial charge is 0.146 e. The summed E-state index contributed by atoms with van der Waals surface area (Å²) in [5.41, 5.74) is 1.02. The number of H-pyrrole nitrogens is 1. The normalized spacial score (nSPS) is 12.4. The van der Waals surface area contributed by atoms with Crippen LogP contribution in [0.5, 0.6) is 0 Å². The zero-order valence-electron chi connectivity index (χ0n) is 7.81. The molecule has 5 nitrogen and oxygen atoms in total. The lowest BCUT2D eigenvalue weighted by Gasteiger charge is -2.11. The van der Waals surface area contributed by atoms with Crippen LogP contribution >= 0.6 is 0 Å². The van der Waals surface area contributed by atoms with E-state index in [9.17, 15) is 0 Å². The minimum Gasteiger partial charge on any atom is -0.375 e. The number of rotatable bonds is 3. The Kier molecular flexibility index (Phi) is 2.40. The number of hydrogen-bond donors (Lipinski definition) is 2. The van der Waals surface area contributed by atoms with Gasteiger partial charge in [0.25, 0.3) is 0 Å². The molecule has 72 valence electrons. The molecule has 14 heavy (non-hydrogen) atoms. The molecule has 0 bridgehead atoms. The van der Waals surface area contributed by atoms with E-state index < -0.39 is 0 Å². The summed E-state index contributed by atoms with van der Waals surface area (Å²) in [5.74, 6) is 0.821. The largest absolute Gasteiger partial charge is 0.375 e. The molecular formula is C9H11N5. The van der Waals surface area contributed by atoms with Crippen molar-refractivity contribution in [1.29, 1.82) is 0 Å². The summed E-state index contributed by atoms with van der Waals surface area (Å²) in [5, 5.41) is 9.88. The van der Waals surface area contributed by atoms with Crippen molar-refractivity contribution in [3.05, 3.63) is 36.7 Å². The van der Waals surface area contributed by atoms with Crippen LogP contribution < -0.4 is 5.32 Å². The molecule has 0 amide bonds. The summed E-state index contributed by atoms with van der Waals surface area (Å²) < 4.78 is 0. The standard InChI is InChI=1S/C9H11N5/c1-7(9-11-6-12-14-9)13-8-2-4-10-5-3-8/h2-7H,1H3,(H,10,13)(H,11,12,14). The Balaban J connectivity index is 2.06. The molecule has 5 heteroatoms. The van der Waals surface area contributed by atoms with E-state index >= 15 is 0 Å². The maximum Gasteiger partial charge on any atom is 0.146 e. The van der Waals surface area contributed by atoms with Crippen LogP contribution in [0, 0.1) is 0 Å². The third kappa shape index (κ3) is 1.87. The molecule has 2 N–H and O–H groups in total. The molecule has 2 rings (SSSR count). The first-order chi connectivity index (χ1) is 6.86. The van der Waals surface area contributed by atoms with Crippen molar-refractivity contribution in [2.75, 3.05) is 5.32 Å². The van der Waals surface area contributed by atoms with E-state index in [4.69, 9.17) is 0 Å². The fraction of sp³-hybridized carbons (Fsp3) is 0.222. The number of hydrogen-bond acceptors (Lipinski definition) is 4. The van der Waals surface area contributed by atoms with Crippen LogP contribution in [0.2, 0.25) is 0 Å². The van der Waals surface area contributed by atoms with E-state index in [2.05, 4.69) is 25.5 Å². The summed E-state index contributed by atoms with van der Waals surface area (Å²) in [6, 6.07) is 3.93. The molecule has 2 aromatic rings. The highest BCUT2D eigenvalue weighted by Crippen LogP contribution is 2.13. The highest BCUT2D eigenvalue weighted by atomic mass is 15.2. The summed E-state index contributed by atoms with van der Waals surface area (Å²) in [4.78, 5) is 8.01. The Hall–Kier alpha value is -1.91. The van der Waals surface area contributed by atoms with Gasteiger partial charge in [0.15, 0.2) is 0 Å². The Morgan fingerprint density at radius 1 is 1.36 bits per heavy atom. The van der Waals surface area contributed by atoms with Crippen molar-refractivity contribution in [2.45, 2.75) is 13.0 Å². The lowest BCUT2D eigenvalue weighted by atomic mass is 10.3. The van der Waals surface area contributed by atoms with Crippen molar-refractivity contribution < 1.29 is 0 Å². The van der Waals surface area contributed by atoms with Crippen LogP contribution in [0.25, 0.3) is 0 Å². The molecule has 0 aliphatic rings. The van der Waals surface area contributed by atoms with Gasteiger partial charge in [-0.25, -0.2) is 4.98 Å². The van der Waals surface area contributed by atoms with Gasteiger partial charge in [-0.2, -0.15) is 5.10 Å². The van der Waals surface area contributed by atoms with Crippen LogP contribution in [-0.2, 0) is 0 Å². The monoisotopic (exact) mass is 189 g/mol. The lowest BCUT2D eigenvalue weighted by Crippen LogP contribution is -2.08. The van der Waals surface area contributed by atoms with Gasteiger partial charge in [-0.15, -0.1) is 0 Å². The van der Waals surface area contributed by atoms with Crippen LogP contribution in [0.3, 0.4) is 0 Å². The SMILES string of the molecule is CC(Nc1ccncc1)c1ncn[nH]1. The second-order valence-electron chi connectivity index (χ2n) is 2.97. The molecule has 2 aromatic heterocycles. The molecule has 1 unspecified atom stereocenters. The average molecular weight is 189 g/mol. The first kappa shape index (κ1) is 8.68. The van der Waals surface area contributed by atoms with E-state index in [1.807, 2.05) is 19.1 Å². The second kappa shape index (κ2) is 3.87. The van der Waals surface area contributed by atoms with Crippen LogP contribution in [0.4, 0.5) is 5.69 Å². The maximum atomic E-state index is 4.07. The van der Waals surface area contributed by atoms with E-state index in [1.165, 1.54) is 6.33 Å². The predicted octanol–water partition coefficient (Wildman–Crippen LogP) is 1.37. The summed E-state index contributed by atoms with van der Waals surface area (Å²) in [6.07, 6.45) is 4.99. The van der Waals surface area contributed by atoms with Crippen molar-refractivity contribution in [3.8, 4) is 0 Å². The summed E-state index contributed by atoms with van der Waals surface area (Å²) >= 11 is 0. The number of nitrogens with zero attached hydrogens (tertiary/aromatic N) is 3. The molecular weight excluding hydrogens is 178 g/mol. The quantitative estimate of drug-likeness (QED) is 0.765. The van der Waals surface area contributed by atoms with Gasteiger partial charge in [0.05, 0.1) is 6.04 Å². The predicted molar refractivity (Wildman–Crippen MR) is 52.7 cm³/mol. The molecule has 0 aromatic carbocycles. The first-order valence-electron chi connectivity index (χ1n) is 4.38. The van der Waals surface area contributed by atoms with Gasteiger partial charge in [-0.05, 0) is 19.1 Å². The van der Waals surface area contributed by atoms with Crippen LogP contribution in [0.1, 0.15) is 18.8 Å². The fourth-order valence-electron chi connectivity index (χ4n) is 1.19. The van der Waals surface area contributed by atoms with Crippen molar-refractivity contribution in [3.63, 3.8) is 0 Å². The average Bonchev–Trinajstić information content (AvgIpc) is 2.72. The number of nitrogens with one attached hydrogen (secondary N) is 2. The van der Waals surface area contributed by atoms with Crippen molar-refractivity contribution in [1.82, 2.24) is 20.2 Å². The van der Waals surface area contributed by atoms with E-state index in [0.717, 1.165) is 11.5 Å². The highest BCUT2D eigenvalue weighted by molar-refractivity contribution is 5.42. The molecule has 0 spiro atoms. The number of pyridine rings is 1. The van der Waals surface area contributed by atoms with Crippen molar-refractivity contribution in [2.24, 2.45) is 0 Å². The Morgan fingerprint density at radius 2 is 2.14 bits per heavy atom. The van der Waals surface area contributed by atoms with Gasteiger partial charge in [0.2, 0.25) is 0 Å². The zero-order valence-corrected chi connectivity index (χ0v) is 7.81. The molecule has 0 saturated heterocycles. The van der Waals surface area contributed by atoms with E-state index in [-0.39, 0.29) is 6.04 Å². The minimum atomic E-state index is 0.111. The first-order valence-corrected chi connectivity index (χ1v) is 4.38. The van der Waals surface area contributed by atoms with Gasteiger partial charge < -0.3 is 5.32 Å². The lowest BCUT2D eigenvalue weighted by molar-refractivity contribution is 0.795. The molecule has 0 saturated carbocycles. The second-order valence-corrected chi connectivity index (χ2v) is 2.97. The Bertz CT molecular complexity index is 369. The Labute approximate surface area is 81.6 Å². The maximum absolute atomic E-state index is 4.07. The molecule has 2 heterocycles. The third-order valence-electron chi connectivity index (χ3n) is 1.91. The fourth-order valence-corrected chi connectivity index (χ4v) is 1.19. The minimum absolute atomic E-state index is 0.111. The number of aromatic nitrogens is 4. The summed E-state index contributed by atoms with van der Waals surface area (Å²) in [7, 11) is 0. The highest BCUT2D eigenvalue weighted by Gasteiger charge is 2.06. The van der Waals surface area contributed by atoms with Crippen LogP contribution in [0.15, 0.2) is 30.9 Å². The zero-order chi connectivity index (χ0) is 9.80. The molecule has 0 aliphatic carbocycles. The van der Waals surface area contributed by atoms with Crippen LogP contribution in [-0.4, -0.2) is 20.2 Å². The molecule has 0 aliphatic heterocycles. The topological polar surface area (TPSA) is 66.5 Å². The van der Waals surface area contributed by atoms with Crippen molar-refractivity contribution >= 4 is 5.69 Å². The molecule has 0 fully saturated rings. The van der Waals surface area contributed by atoms with Gasteiger partial charge in [0.1, 0.15) is 12.2 Å². The molecule has 0 radical (unpaired) electrons. The van der Waals surface area contributed by atoms with E-state index in [1.54, 1.807) is 12.4 Å². The number of aromatic amines is 1.